The Labute approximate surface area is 170 Å². The first-order valence-corrected chi connectivity index (χ1v) is 8.42. The first kappa shape index (κ1) is 22.0. The van der Waals surface area contributed by atoms with Gasteiger partial charge in [0.2, 0.25) is 5.91 Å². The number of thioether (sulfide) groups is 1. The Morgan fingerprint density at radius 2 is 2.12 bits per heavy atom. The number of carboxylic acid groups (broad SMARTS) is 2. The maximum atomic E-state index is 12.1. The van der Waals surface area contributed by atoms with E-state index in [1.165, 1.54) is 11.8 Å². The number of hydrogen-bond acceptors (Lipinski definition) is 7. The fourth-order valence-electron chi connectivity index (χ4n) is 2.61. The van der Waals surface area contributed by atoms with Gasteiger partial charge >= 0.3 is 35.5 Å². The molecule has 0 aromatic heterocycles. The van der Waals surface area contributed by atoms with Crippen LogP contribution in [0.25, 0.3) is 0 Å². The number of hydrogen-bond donors (Lipinski definition) is 3. The molecular weight excluding hydrogens is 361 g/mol. The molecule has 0 aromatic rings. The summed E-state index contributed by atoms with van der Waals surface area (Å²) in [6, 6.07) is -1.80. The number of carbonyl (C=O) groups is 4. The fraction of sp³-hybridized carbons (Fsp3) is 0.571. The maximum absolute atomic E-state index is 12.1. The fourth-order valence-corrected chi connectivity index (χ4v) is 3.91. The van der Waals surface area contributed by atoms with Crippen LogP contribution in [0, 0.1) is 0 Å². The molecule has 2 aliphatic rings. The van der Waals surface area contributed by atoms with E-state index in [9.17, 15) is 24.3 Å². The van der Waals surface area contributed by atoms with Crippen molar-refractivity contribution in [3.05, 3.63) is 11.3 Å². The summed E-state index contributed by atoms with van der Waals surface area (Å²) in [5, 5.41) is 21.9. The van der Waals surface area contributed by atoms with Gasteiger partial charge in [0, 0.05) is 12.2 Å². The average molecular weight is 379 g/mol. The molecule has 25 heavy (non-hydrogen) atoms. The molecule has 0 aliphatic carbocycles. The van der Waals surface area contributed by atoms with Gasteiger partial charge in [-0.05, 0) is 25.3 Å². The Morgan fingerprint density at radius 1 is 1.48 bits per heavy atom. The molecular formula is C14H18N3NaO6S. The summed E-state index contributed by atoms with van der Waals surface area (Å²) in [5.74, 6) is -2.97. The van der Waals surface area contributed by atoms with Crippen molar-refractivity contribution in [1.82, 2.24) is 10.2 Å². The predicted molar refractivity (Wildman–Crippen MR) is 82.2 cm³/mol. The van der Waals surface area contributed by atoms with Crippen LogP contribution in [0.4, 0.5) is 0 Å². The van der Waals surface area contributed by atoms with Gasteiger partial charge in [-0.3, -0.25) is 19.3 Å². The Balaban J connectivity index is 0.00000312. The smallest absolute Gasteiger partial charge is 0.543 e. The molecule has 0 aromatic carbocycles. The number of carboxylic acids is 2. The summed E-state index contributed by atoms with van der Waals surface area (Å²) in [6.45, 7) is 1.62. The molecule has 132 valence electrons. The molecule has 11 heteroatoms. The minimum Gasteiger partial charge on any atom is -0.543 e. The van der Waals surface area contributed by atoms with Crippen molar-refractivity contribution in [3.8, 4) is 0 Å². The van der Waals surface area contributed by atoms with E-state index in [-0.39, 0.29) is 54.5 Å². The number of nitrogens with two attached hydrogens (primary N) is 1. The van der Waals surface area contributed by atoms with Crippen LogP contribution in [0.2, 0.25) is 0 Å². The van der Waals surface area contributed by atoms with Gasteiger partial charge < -0.3 is 26.1 Å². The summed E-state index contributed by atoms with van der Waals surface area (Å²) in [6.07, 6.45) is 0.484. The minimum absolute atomic E-state index is 0. The zero-order valence-corrected chi connectivity index (χ0v) is 16.8. The number of rotatable bonds is 7. The number of fused-ring (bicyclic) bond motifs is 1. The molecule has 3 unspecified atom stereocenters. The summed E-state index contributed by atoms with van der Waals surface area (Å²) in [7, 11) is 0. The molecule has 1 saturated heterocycles. The van der Waals surface area contributed by atoms with E-state index in [1.54, 1.807) is 6.92 Å². The molecule has 9 nitrogen and oxygen atoms in total. The van der Waals surface area contributed by atoms with E-state index in [0.29, 0.717) is 11.3 Å². The van der Waals surface area contributed by atoms with Crippen molar-refractivity contribution in [2.75, 3.05) is 5.75 Å². The second-order valence-electron chi connectivity index (χ2n) is 5.71. The van der Waals surface area contributed by atoms with Crippen molar-refractivity contribution in [3.63, 3.8) is 0 Å². The third-order valence-electron chi connectivity index (χ3n) is 3.90. The van der Waals surface area contributed by atoms with E-state index >= 15 is 0 Å². The van der Waals surface area contributed by atoms with Gasteiger partial charge in [-0.1, -0.05) is 0 Å². The van der Waals surface area contributed by atoms with Gasteiger partial charge in [0.05, 0.1) is 11.7 Å². The minimum atomic E-state index is -1.40. The monoisotopic (exact) mass is 379 g/mol. The third kappa shape index (κ3) is 4.76. The molecule has 0 bridgehead atoms. The van der Waals surface area contributed by atoms with Crippen molar-refractivity contribution >= 4 is 35.5 Å². The molecule has 0 radical (unpaired) electrons. The molecule has 1 fully saturated rings. The summed E-state index contributed by atoms with van der Waals surface area (Å²) >= 11 is 1.37. The van der Waals surface area contributed by atoms with E-state index < -0.39 is 41.2 Å². The molecule has 4 N–H and O–H groups in total. The first-order valence-electron chi connectivity index (χ1n) is 7.37. The van der Waals surface area contributed by atoms with E-state index in [2.05, 4.69) is 5.32 Å². The van der Waals surface area contributed by atoms with Crippen LogP contribution in [0.5, 0.6) is 0 Å². The van der Waals surface area contributed by atoms with Crippen LogP contribution in [0.15, 0.2) is 11.3 Å². The number of nitrogens with one attached hydrogen (secondary N) is 1. The Hall–Kier alpha value is -1.07. The van der Waals surface area contributed by atoms with E-state index in [4.69, 9.17) is 10.8 Å². The van der Waals surface area contributed by atoms with Gasteiger partial charge in [0.25, 0.3) is 5.91 Å². The zero-order valence-electron chi connectivity index (χ0n) is 14.0. The van der Waals surface area contributed by atoms with Crippen LogP contribution in [-0.4, -0.2) is 57.0 Å². The van der Waals surface area contributed by atoms with Crippen LogP contribution in [0.3, 0.4) is 0 Å². The van der Waals surface area contributed by atoms with Gasteiger partial charge in [-0.2, -0.15) is 0 Å². The normalized spacial score (nSPS) is 23.1. The van der Waals surface area contributed by atoms with Crippen molar-refractivity contribution in [2.45, 2.75) is 43.6 Å². The standard InChI is InChI=1S/C14H19N3O6S.Na/c1-6-5-24-12-9(11(19)17(12)10(6)14(22)23)16-8(18)4-2-3-7(15)13(20)21;/h7,9,12H,2-5,15H2,1H3,(H,16,18)(H,20,21)(H,22,23);/q;+1/p-1. The van der Waals surface area contributed by atoms with E-state index in [1.807, 2.05) is 0 Å². The SMILES string of the molecule is CC1=C(C(=O)[O-])N2C(=O)C(NC(=O)CCCC(N)C(=O)O)C2SC1.[Na+]. The van der Waals surface area contributed by atoms with Crippen LogP contribution >= 0.6 is 11.8 Å². The first-order chi connectivity index (χ1) is 11.2. The topological polar surface area (TPSA) is 153 Å². The van der Waals surface area contributed by atoms with Crippen molar-refractivity contribution < 1.29 is 58.9 Å². The number of carbonyl (C=O) groups excluding carboxylic acids is 3. The summed E-state index contributed by atoms with van der Waals surface area (Å²) in [5.41, 5.74) is 5.77. The Morgan fingerprint density at radius 3 is 2.68 bits per heavy atom. The Bertz CT molecular complexity index is 626. The van der Waals surface area contributed by atoms with Crippen LogP contribution in [0.1, 0.15) is 26.2 Å². The number of nitrogens with zero attached hydrogens (tertiary/aromatic N) is 1. The zero-order chi connectivity index (χ0) is 18.0. The molecule has 2 heterocycles. The largest absolute Gasteiger partial charge is 1.00 e. The summed E-state index contributed by atoms with van der Waals surface area (Å²) in [4.78, 5) is 46.9. The number of β-lactam (4-membered cyclic amide) rings is 1. The molecule has 2 aliphatic heterocycles. The second kappa shape index (κ2) is 9.04. The summed E-state index contributed by atoms with van der Waals surface area (Å²) < 4.78 is 0. The number of amides is 2. The van der Waals surface area contributed by atoms with Gasteiger partial charge in [0.15, 0.2) is 0 Å². The molecule has 2 rings (SSSR count). The number of aliphatic carboxylic acids is 2. The maximum Gasteiger partial charge on any atom is 1.00 e. The molecule has 0 saturated carbocycles. The van der Waals surface area contributed by atoms with Gasteiger partial charge in [0.1, 0.15) is 17.5 Å². The quantitative estimate of drug-likeness (QED) is 0.294. The molecule has 0 spiro atoms. The van der Waals surface area contributed by atoms with Gasteiger partial charge in [-0.15, -0.1) is 11.8 Å². The Kier molecular flexibility index (Phi) is 7.94. The van der Waals surface area contributed by atoms with Crippen molar-refractivity contribution in [2.24, 2.45) is 5.73 Å². The van der Waals surface area contributed by atoms with Crippen LogP contribution < -0.4 is 45.7 Å². The average Bonchev–Trinajstić information content (AvgIpc) is 2.51. The van der Waals surface area contributed by atoms with Gasteiger partial charge in [-0.25, -0.2) is 0 Å². The second-order valence-corrected chi connectivity index (χ2v) is 6.81. The third-order valence-corrected chi connectivity index (χ3v) is 5.33. The molecule has 3 atom stereocenters. The molecule has 2 amide bonds. The van der Waals surface area contributed by atoms with E-state index in [0.717, 1.165) is 4.90 Å². The van der Waals surface area contributed by atoms with Crippen molar-refractivity contribution in [1.29, 1.82) is 0 Å². The predicted octanol–water partition coefficient (Wildman–Crippen LogP) is -5.00. The van der Waals surface area contributed by atoms with Crippen LogP contribution in [-0.2, 0) is 19.2 Å².